The van der Waals surface area contributed by atoms with Crippen molar-refractivity contribution < 1.29 is 5.11 Å². The maximum Gasteiger partial charge on any atom is 0.0644 e. The first-order valence-corrected chi connectivity index (χ1v) is 6.70. The minimum Gasteiger partial charge on any atom is -0.394 e. The van der Waals surface area contributed by atoms with Crippen LogP contribution in [-0.4, -0.2) is 37.4 Å². The van der Waals surface area contributed by atoms with Gasteiger partial charge in [0.25, 0.3) is 0 Å². The second-order valence-electron chi connectivity index (χ2n) is 5.27. The summed E-state index contributed by atoms with van der Waals surface area (Å²) in [6.07, 6.45) is 0.934. The highest BCUT2D eigenvalue weighted by Gasteiger charge is 2.37. The van der Waals surface area contributed by atoms with E-state index in [0.717, 1.165) is 30.2 Å². The second kappa shape index (κ2) is 5.08. The average Bonchev–Trinajstić information content (AvgIpc) is 2.73. The van der Waals surface area contributed by atoms with Gasteiger partial charge in [-0.25, -0.2) is 0 Å². The van der Waals surface area contributed by atoms with Crippen LogP contribution in [0.25, 0.3) is 0 Å². The summed E-state index contributed by atoms with van der Waals surface area (Å²) in [5.41, 5.74) is 3.29. The zero-order valence-corrected chi connectivity index (χ0v) is 12.0. The fourth-order valence-electron chi connectivity index (χ4n) is 2.78. The number of anilines is 1. The molecule has 100 valence electrons. The lowest BCUT2D eigenvalue weighted by Crippen LogP contribution is -2.48. The molecule has 1 unspecified atom stereocenters. The monoisotopic (exact) mass is 268 g/mol. The number of benzene rings is 1. The van der Waals surface area contributed by atoms with Gasteiger partial charge in [-0.3, -0.25) is 0 Å². The van der Waals surface area contributed by atoms with E-state index in [1.807, 2.05) is 13.1 Å². The van der Waals surface area contributed by atoms with E-state index in [9.17, 15) is 5.11 Å². The van der Waals surface area contributed by atoms with Gasteiger partial charge in [0.2, 0.25) is 0 Å². The fraction of sp³-hybridized carbons (Fsp3) is 0.571. The SMILES string of the molecule is CNC1(CO)CCN(c2c(C)cc(C)cc2Cl)C1. The molecule has 1 atom stereocenters. The molecule has 1 aliphatic rings. The molecule has 1 saturated heterocycles. The van der Waals surface area contributed by atoms with Crippen LogP contribution in [0, 0.1) is 13.8 Å². The summed E-state index contributed by atoms with van der Waals surface area (Å²) in [6.45, 7) is 6.02. The van der Waals surface area contributed by atoms with Gasteiger partial charge in [-0.2, -0.15) is 0 Å². The molecule has 0 bridgehead atoms. The Morgan fingerprint density at radius 3 is 2.67 bits per heavy atom. The Kier molecular flexibility index (Phi) is 3.85. The van der Waals surface area contributed by atoms with E-state index < -0.39 is 0 Å². The summed E-state index contributed by atoms with van der Waals surface area (Å²) < 4.78 is 0. The van der Waals surface area contributed by atoms with E-state index in [4.69, 9.17) is 11.6 Å². The largest absolute Gasteiger partial charge is 0.394 e. The number of nitrogens with zero attached hydrogens (tertiary/aromatic N) is 1. The molecule has 18 heavy (non-hydrogen) atoms. The minimum absolute atomic E-state index is 0.155. The molecule has 1 aromatic carbocycles. The zero-order valence-electron chi connectivity index (χ0n) is 11.3. The van der Waals surface area contributed by atoms with Crippen molar-refractivity contribution in [3.05, 3.63) is 28.3 Å². The molecule has 0 saturated carbocycles. The maximum atomic E-state index is 9.54. The zero-order chi connectivity index (χ0) is 13.3. The van der Waals surface area contributed by atoms with Crippen LogP contribution in [0.2, 0.25) is 5.02 Å². The number of aliphatic hydroxyl groups is 1. The van der Waals surface area contributed by atoms with Crippen LogP contribution in [0.1, 0.15) is 17.5 Å². The van der Waals surface area contributed by atoms with Gasteiger partial charge in [-0.05, 0) is 44.5 Å². The molecule has 4 heteroatoms. The van der Waals surface area contributed by atoms with Crippen LogP contribution < -0.4 is 10.2 Å². The Labute approximate surface area is 114 Å². The van der Waals surface area contributed by atoms with E-state index in [-0.39, 0.29) is 12.1 Å². The third-order valence-corrected chi connectivity index (χ3v) is 4.19. The van der Waals surface area contributed by atoms with Crippen molar-refractivity contribution >= 4 is 17.3 Å². The van der Waals surface area contributed by atoms with Gasteiger partial charge in [-0.15, -0.1) is 0 Å². The van der Waals surface area contributed by atoms with E-state index >= 15 is 0 Å². The first kappa shape index (κ1) is 13.7. The normalized spacial score (nSPS) is 23.7. The van der Waals surface area contributed by atoms with Crippen molar-refractivity contribution in [2.45, 2.75) is 25.8 Å². The molecule has 1 aliphatic heterocycles. The molecular weight excluding hydrogens is 248 g/mol. The van der Waals surface area contributed by atoms with Gasteiger partial charge < -0.3 is 15.3 Å². The van der Waals surface area contributed by atoms with Crippen LogP contribution in [0.4, 0.5) is 5.69 Å². The van der Waals surface area contributed by atoms with Gasteiger partial charge in [0.15, 0.2) is 0 Å². The molecule has 0 radical (unpaired) electrons. The molecule has 1 aromatic rings. The number of hydrogen-bond acceptors (Lipinski definition) is 3. The summed E-state index contributed by atoms with van der Waals surface area (Å²) in [5, 5.41) is 13.6. The Morgan fingerprint density at radius 2 is 2.17 bits per heavy atom. The summed E-state index contributed by atoms with van der Waals surface area (Å²) >= 11 is 6.37. The molecule has 0 aliphatic carbocycles. The standard InChI is InChI=1S/C14H21ClN2O/c1-10-6-11(2)13(12(15)7-10)17-5-4-14(8-17,9-18)16-3/h6-7,16,18H,4-5,8-9H2,1-3H3. The smallest absolute Gasteiger partial charge is 0.0644 e. The third-order valence-electron chi connectivity index (χ3n) is 3.90. The molecule has 1 fully saturated rings. The molecule has 2 N–H and O–H groups in total. The van der Waals surface area contributed by atoms with Gasteiger partial charge >= 0.3 is 0 Å². The van der Waals surface area contributed by atoms with Crippen molar-refractivity contribution in [1.29, 1.82) is 0 Å². The van der Waals surface area contributed by atoms with Crippen molar-refractivity contribution in [1.82, 2.24) is 5.32 Å². The molecule has 0 aromatic heterocycles. The number of aliphatic hydroxyl groups excluding tert-OH is 1. The van der Waals surface area contributed by atoms with Gasteiger partial charge in [0.1, 0.15) is 0 Å². The van der Waals surface area contributed by atoms with E-state index in [0.29, 0.717) is 0 Å². The van der Waals surface area contributed by atoms with Crippen LogP contribution in [0.5, 0.6) is 0 Å². The number of likely N-dealkylation sites (N-methyl/N-ethyl adjacent to an activating group) is 1. The Bertz CT molecular complexity index is 420. The Morgan fingerprint density at radius 1 is 1.44 bits per heavy atom. The van der Waals surface area contributed by atoms with Crippen molar-refractivity contribution in [2.75, 3.05) is 31.6 Å². The quantitative estimate of drug-likeness (QED) is 0.882. The van der Waals surface area contributed by atoms with Crippen LogP contribution in [0.3, 0.4) is 0 Å². The van der Waals surface area contributed by atoms with Gasteiger partial charge in [-0.1, -0.05) is 17.7 Å². The van der Waals surface area contributed by atoms with E-state index in [1.54, 1.807) is 0 Å². The topological polar surface area (TPSA) is 35.5 Å². The third kappa shape index (κ3) is 2.35. The lowest BCUT2D eigenvalue weighted by molar-refractivity contribution is 0.184. The Balaban J connectivity index is 2.30. The fourth-order valence-corrected chi connectivity index (χ4v) is 3.22. The van der Waals surface area contributed by atoms with Crippen molar-refractivity contribution in [2.24, 2.45) is 0 Å². The lowest BCUT2D eigenvalue weighted by atomic mass is 10.0. The first-order valence-electron chi connectivity index (χ1n) is 6.33. The highest BCUT2D eigenvalue weighted by molar-refractivity contribution is 6.33. The summed E-state index contributed by atoms with van der Waals surface area (Å²) in [4.78, 5) is 2.27. The van der Waals surface area contributed by atoms with E-state index in [2.05, 4.69) is 30.1 Å². The predicted molar refractivity (Wildman–Crippen MR) is 76.6 cm³/mol. The van der Waals surface area contributed by atoms with Gasteiger partial charge in [0, 0.05) is 13.1 Å². The van der Waals surface area contributed by atoms with Gasteiger partial charge in [0.05, 0.1) is 22.9 Å². The second-order valence-corrected chi connectivity index (χ2v) is 5.68. The summed E-state index contributed by atoms with van der Waals surface area (Å²) in [5.74, 6) is 0. The Hall–Kier alpha value is -0.770. The number of halogens is 1. The highest BCUT2D eigenvalue weighted by atomic mass is 35.5. The molecule has 1 heterocycles. The number of rotatable bonds is 3. The highest BCUT2D eigenvalue weighted by Crippen LogP contribution is 2.35. The van der Waals surface area contributed by atoms with Crippen molar-refractivity contribution in [3.63, 3.8) is 0 Å². The number of nitrogens with one attached hydrogen (secondary N) is 1. The predicted octanol–water partition coefficient (Wildman–Crippen LogP) is 2.12. The summed E-state index contributed by atoms with van der Waals surface area (Å²) in [7, 11) is 1.91. The van der Waals surface area contributed by atoms with Crippen LogP contribution in [0.15, 0.2) is 12.1 Å². The maximum absolute atomic E-state index is 9.54. The average molecular weight is 269 g/mol. The molecule has 2 rings (SSSR count). The van der Waals surface area contributed by atoms with E-state index in [1.165, 1.54) is 11.1 Å². The first-order chi connectivity index (χ1) is 8.51. The van der Waals surface area contributed by atoms with Crippen molar-refractivity contribution in [3.8, 4) is 0 Å². The molecular formula is C14H21ClN2O. The molecule has 0 spiro atoms. The number of hydrogen-bond donors (Lipinski definition) is 2. The lowest BCUT2D eigenvalue weighted by Gasteiger charge is -2.28. The number of aryl methyl sites for hydroxylation is 2. The van der Waals surface area contributed by atoms with Crippen LogP contribution >= 0.6 is 11.6 Å². The summed E-state index contributed by atoms with van der Waals surface area (Å²) in [6, 6.07) is 4.15. The molecule has 3 nitrogen and oxygen atoms in total. The van der Waals surface area contributed by atoms with Crippen LogP contribution in [-0.2, 0) is 0 Å². The molecule has 0 amide bonds. The minimum atomic E-state index is -0.194.